The molecule has 0 N–H and O–H groups in total. The van der Waals surface area contributed by atoms with Gasteiger partial charge in [-0.1, -0.05) is 66.7 Å². The van der Waals surface area contributed by atoms with Crippen molar-refractivity contribution in [1.29, 1.82) is 0 Å². The average Bonchev–Trinajstić information content (AvgIpc) is 3.33. The SMILES string of the molecule is O=C1C(=Cc2cn(Cc3ccc([N+](=O)[O-])cc3)c3ccccc23)C(=O)N(c2ccccc2)C(=S)N1c1ccccc1. The van der Waals surface area contributed by atoms with Gasteiger partial charge in [-0.3, -0.25) is 29.5 Å². The highest BCUT2D eigenvalue weighted by Gasteiger charge is 2.41. The minimum atomic E-state index is -0.509. The van der Waals surface area contributed by atoms with Crippen LogP contribution in [-0.4, -0.2) is 26.4 Å². The van der Waals surface area contributed by atoms with Gasteiger partial charge in [0.1, 0.15) is 5.57 Å². The van der Waals surface area contributed by atoms with Gasteiger partial charge >= 0.3 is 0 Å². The maximum absolute atomic E-state index is 13.9. The van der Waals surface area contributed by atoms with E-state index in [9.17, 15) is 19.7 Å². The summed E-state index contributed by atoms with van der Waals surface area (Å²) in [6.07, 6.45) is 3.50. The molecule has 2 amide bonds. The van der Waals surface area contributed by atoms with Crippen LogP contribution in [0.3, 0.4) is 0 Å². The molecule has 4 aromatic carbocycles. The number of nitro groups is 1. The molecule has 9 heteroatoms. The fraction of sp³-hybridized carbons (Fsp3) is 0.0312. The third kappa shape index (κ3) is 4.79. The molecule has 0 aliphatic carbocycles. The van der Waals surface area contributed by atoms with Gasteiger partial charge in [0.05, 0.1) is 16.3 Å². The van der Waals surface area contributed by atoms with Crippen LogP contribution >= 0.6 is 12.2 Å². The second-order valence-electron chi connectivity index (χ2n) is 9.45. The maximum Gasteiger partial charge on any atom is 0.270 e. The van der Waals surface area contributed by atoms with Crippen LogP contribution in [0.4, 0.5) is 17.1 Å². The van der Waals surface area contributed by atoms with E-state index in [1.54, 1.807) is 42.5 Å². The minimum Gasteiger partial charge on any atom is -0.342 e. The fourth-order valence-electron chi connectivity index (χ4n) is 4.94. The Morgan fingerprint density at radius 3 is 1.83 bits per heavy atom. The summed E-state index contributed by atoms with van der Waals surface area (Å²) in [6, 6.07) is 32.1. The van der Waals surface area contributed by atoms with Crippen molar-refractivity contribution < 1.29 is 14.5 Å². The molecule has 1 aliphatic rings. The van der Waals surface area contributed by atoms with Crippen LogP contribution in [0.25, 0.3) is 17.0 Å². The van der Waals surface area contributed by atoms with Gasteiger partial charge in [-0.25, -0.2) is 0 Å². The normalized spacial score (nSPS) is 13.7. The van der Waals surface area contributed by atoms with Crippen molar-refractivity contribution >= 4 is 63.2 Å². The van der Waals surface area contributed by atoms with E-state index in [1.807, 2.05) is 71.4 Å². The number of para-hydroxylation sites is 3. The van der Waals surface area contributed by atoms with Gasteiger partial charge in [0.25, 0.3) is 17.5 Å². The minimum absolute atomic E-state index is 0.0229. The van der Waals surface area contributed by atoms with Gasteiger partial charge in [0.15, 0.2) is 5.11 Å². The third-order valence-corrected chi connectivity index (χ3v) is 7.26. The number of aromatic nitrogens is 1. The van der Waals surface area contributed by atoms with Gasteiger partial charge in [0.2, 0.25) is 0 Å². The number of carbonyl (C=O) groups excluding carboxylic acids is 2. The standard InChI is InChI=1S/C32H22N4O4S/c37-30-28(31(38)35(25-11-5-2-6-12-25)32(41)34(30)24-9-3-1-4-10-24)19-23-21-33(29-14-8-7-13-27(23)29)20-22-15-17-26(18-16-22)36(39)40/h1-19,21H,20H2. The monoisotopic (exact) mass is 558 g/mol. The quantitative estimate of drug-likeness (QED) is 0.0797. The smallest absolute Gasteiger partial charge is 0.270 e. The largest absolute Gasteiger partial charge is 0.342 e. The summed E-state index contributed by atoms with van der Waals surface area (Å²) in [5.41, 5.74) is 3.57. The number of hydrogen-bond acceptors (Lipinski definition) is 5. The number of benzene rings is 4. The van der Waals surface area contributed by atoms with E-state index < -0.39 is 16.7 Å². The van der Waals surface area contributed by atoms with E-state index in [0.717, 1.165) is 16.5 Å². The lowest BCUT2D eigenvalue weighted by molar-refractivity contribution is -0.384. The lowest BCUT2D eigenvalue weighted by atomic mass is 10.0. The molecule has 0 bridgehead atoms. The number of nitrogens with zero attached hydrogens (tertiary/aromatic N) is 4. The molecule has 1 fully saturated rings. The van der Waals surface area contributed by atoms with Gasteiger partial charge in [-0.2, -0.15) is 0 Å². The first-order valence-corrected chi connectivity index (χ1v) is 13.2. The van der Waals surface area contributed by atoms with E-state index >= 15 is 0 Å². The maximum atomic E-state index is 13.9. The number of non-ortho nitro benzene ring substituents is 1. The first kappa shape index (κ1) is 25.8. The van der Waals surface area contributed by atoms with Gasteiger partial charge in [-0.05, 0) is 54.2 Å². The number of amides is 2. The zero-order valence-corrected chi connectivity index (χ0v) is 22.4. The molecule has 41 heavy (non-hydrogen) atoms. The number of carbonyl (C=O) groups is 2. The van der Waals surface area contributed by atoms with Crippen molar-refractivity contribution in [2.75, 3.05) is 9.80 Å². The molecule has 200 valence electrons. The molecule has 1 saturated heterocycles. The molecule has 0 spiro atoms. The van der Waals surface area contributed by atoms with Gasteiger partial charge in [0, 0.05) is 41.3 Å². The molecule has 1 aliphatic heterocycles. The summed E-state index contributed by atoms with van der Waals surface area (Å²) in [5, 5.41) is 12.0. The highest BCUT2D eigenvalue weighted by Crippen LogP contribution is 2.32. The molecule has 0 radical (unpaired) electrons. The van der Waals surface area contributed by atoms with E-state index in [2.05, 4.69) is 0 Å². The van der Waals surface area contributed by atoms with Crippen molar-refractivity contribution in [2.24, 2.45) is 0 Å². The van der Waals surface area contributed by atoms with Crippen LogP contribution in [-0.2, 0) is 16.1 Å². The third-order valence-electron chi connectivity index (χ3n) is 6.90. The Kier molecular flexibility index (Phi) is 6.70. The molecule has 5 aromatic rings. The Labute approximate surface area is 240 Å². The summed E-state index contributed by atoms with van der Waals surface area (Å²) in [5.74, 6) is -1.02. The van der Waals surface area contributed by atoms with Gasteiger partial charge in [-0.15, -0.1) is 0 Å². The predicted molar refractivity (Wildman–Crippen MR) is 163 cm³/mol. The van der Waals surface area contributed by atoms with Crippen LogP contribution < -0.4 is 9.80 Å². The highest BCUT2D eigenvalue weighted by atomic mass is 32.1. The topological polar surface area (TPSA) is 88.7 Å². The predicted octanol–water partition coefficient (Wildman–Crippen LogP) is 6.35. The number of rotatable bonds is 6. The molecule has 0 unspecified atom stereocenters. The summed E-state index contributed by atoms with van der Waals surface area (Å²) < 4.78 is 2.00. The van der Waals surface area contributed by atoms with E-state index in [-0.39, 0.29) is 16.4 Å². The zero-order valence-electron chi connectivity index (χ0n) is 21.6. The summed E-state index contributed by atoms with van der Waals surface area (Å²) in [7, 11) is 0. The fourth-order valence-corrected chi connectivity index (χ4v) is 5.31. The number of hydrogen-bond donors (Lipinski definition) is 0. The van der Waals surface area contributed by atoms with E-state index in [4.69, 9.17) is 12.2 Å². The molecular weight excluding hydrogens is 536 g/mol. The molecule has 2 heterocycles. The Morgan fingerprint density at radius 1 is 0.732 bits per heavy atom. The Balaban J connectivity index is 1.46. The number of anilines is 2. The summed E-state index contributed by atoms with van der Waals surface area (Å²) >= 11 is 5.70. The van der Waals surface area contributed by atoms with Crippen LogP contribution in [0.1, 0.15) is 11.1 Å². The number of thiocarbonyl (C=S) groups is 1. The lowest BCUT2D eigenvalue weighted by Crippen LogP contribution is -2.56. The Bertz CT molecular complexity index is 1780. The molecule has 8 nitrogen and oxygen atoms in total. The first-order chi connectivity index (χ1) is 19.9. The van der Waals surface area contributed by atoms with Crippen molar-refractivity contribution in [3.05, 3.63) is 142 Å². The molecule has 6 rings (SSSR count). The highest BCUT2D eigenvalue weighted by molar-refractivity contribution is 7.81. The second-order valence-corrected chi connectivity index (χ2v) is 9.81. The van der Waals surface area contributed by atoms with E-state index in [0.29, 0.717) is 23.5 Å². The molecule has 0 saturated carbocycles. The van der Waals surface area contributed by atoms with Crippen molar-refractivity contribution in [3.63, 3.8) is 0 Å². The molecule has 1 aromatic heterocycles. The second kappa shape index (κ2) is 10.6. The first-order valence-electron chi connectivity index (χ1n) is 12.8. The Morgan fingerprint density at radius 2 is 1.27 bits per heavy atom. The van der Waals surface area contributed by atoms with Crippen molar-refractivity contribution in [2.45, 2.75) is 6.54 Å². The van der Waals surface area contributed by atoms with Crippen LogP contribution in [0, 0.1) is 10.1 Å². The summed E-state index contributed by atoms with van der Waals surface area (Å²) in [6.45, 7) is 0.444. The lowest BCUT2D eigenvalue weighted by Gasteiger charge is -2.36. The molecular formula is C32H22N4O4S. The number of nitro benzene ring substituents is 1. The molecule has 0 atom stereocenters. The van der Waals surface area contributed by atoms with Crippen molar-refractivity contribution in [1.82, 2.24) is 4.57 Å². The van der Waals surface area contributed by atoms with Gasteiger partial charge < -0.3 is 4.57 Å². The Hall–Kier alpha value is -5.41. The van der Waals surface area contributed by atoms with Crippen LogP contribution in [0.5, 0.6) is 0 Å². The summed E-state index contributed by atoms with van der Waals surface area (Å²) in [4.78, 5) is 41.2. The zero-order chi connectivity index (χ0) is 28.5. The van der Waals surface area contributed by atoms with Crippen LogP contribution in [0.2, 0.25) is 0 Å². The van der Waals surface area contributed by atoms with E-state index in [1.165, 1.54) is 21.9 Å². The van der Waals surface area contributed by atoms with Crippen molar-refractivity contribution in [3.8, 4) is 0 Å². The average molecular weight is 559 g/mol. The number of fused-ring (bicyclic) bond motifs is 1. The van der Waals surface area contributed by atoms with Crippen LogP contribution in [0.15, 0.2) is 121 Å².